The number of aryl methyl sites for hydroxylation is 1. The summed E-state index contributed by atoms with van der Waals surface area (Å²) >= 11 is 0. The Bertz CT molecular complexity index is 444. The van der Waals surface area contributed by atoms with Gasteiger partial charge >= 0.3 is 0 Å². The summed E-state index contributed by atoms with van der Waals surface area (Å²) in [5.74, 6) is 0.315. The van der Waals surface area contributed by atoms with Gasteiger partial charge < -0.3 is 10.0 Å². The van der Waals surface area contributed by atoms with Gasteiger partial charge in [-0.15, -0.1) is 0 Å². The summed E-state index contributed by atoms with van der Waals surface area (Å²) in [5, 5.41) is 9.15. The van der Waals surface area contributed by atoms with Crippen LogP contribution in [0.15, 0.2) is 24.3 Å². The van der Waals surface area contributed by atoms with E-state index in [0.29, 0.717) is 6.54 Å². The van der Waals surface area contributed by atoms with Crippen LogP contribution in [-0.2, 0) is 17.6 Å². The second-order valence-electron chi connectivity index (χ2n) is 5.61. The van der Waals surface area contributed by atoms with Gasteiger partial charge in [0, 0.05) is 19.0 Å². The molecule has 0 bridgehead atoms. The predicted molar refractivity (Wildman–Crippen MR) is 80.5 cm³/mol. The van der Waals surface area contributed by atoms with Gasteiger partial charge in [-0.1, -0.05) is 37.6 Å². The van der Waals surface area contributed by atoms with Crippen LogP contribution in [0.3, 0.4) is 0 Å². The van der Waals surface area contributed by atoms with E-state index >= 15 is 0 Å². The van der Waals surface area contributed by atoms with E-state index in [9.17, 15) is 4.79 Å². The van der Waals surface area contributed by atoms with Gasteiger partial charge in [-0.25, -0.2) is 0 Å². The third-order valence-corrected chi connectivity index (χ3v) is 4.16. The van der Waals surface area contributed by atoms with Crippen molar-refractivity contribution in [2.75, 3.05) is 19.7 Å². The topological polar surface area (TPSA) is 40.5 Å². The average Bonchev–Trinajstić information content (AvgIpc) is 2.50. The Hall–Kier alpha value is -1.35. The van der Waals surface area contributed by atoms with Gasteiger partial charge in [-0.2, -0.15) is 0 Å². The molecule has 0 saturated carbocycles. The first-order valence-electron chi connectivity index (χ1n) is 7.72. The number of unbranched alkanes of at least 4 members (excludes halogenated alkanes) is 1. The maximum absolute atomic E-state index is 12.6. The van der Waals surface area contributed by atoms with Gasteiger partial charge in [0.25, 0.3) is 0 Å². The minimum absolute atomic E-state index is 0.0543. The predicted octanol–water partition coefficient (Wildman–Crippen LogP) is 2.41. The Balaban J connectivity index is 2.01. The highest BCUT2D eigenvalue weighted by Gasteiger charge is 2.27. The van der Waals surface area contributed by atoms with Crippen LogP contribution in [0.2, 0.25) is 0 Å². The number of hydrogen-bond donors (Lipinski definition) is 1. The summed E-state index contributed by atoms with van der Waals surface area (Å²) in [6.07, 6.45) is 4.86. The lowest BCUT2D eigenvalue weighted by molar-refractivity contribution is -0.136. The number of aliphatic hydroxyl groups excluding tert-OH is 1. The number of carbonyl (C=O) groups is 1. The molecular weight excluding hydrogens is 250 g/mol. The van der Waals surface area contributed by atoms with Crippen molar-refractivity contribution in [1.29, 1.82) is 0 Å². The lowest BCUT2D eigenvalue weighted by atomic mass is 9.83. The van der Waals surface area contributed by atoms with E-state index < -0.39 is 0 Å². The molecule has 0 fully saturated rings. The summed E-state index contributed by atoms with van der Waals surface area (Å²) in [6, 6.07) is 8.42. The monoisotopic (exact) mass is 275 g/mol. The molecule has 110 valence electrons. The Kier molecular flexibility index (Phi) is 5.60. The lowest BCUT2D eigenvalue weighted by Crippen LogP contribution is -2.40. The van der Waals surface area contributed by atoms with Crippen LogP contribution in [0.5, 0.6) is 0 Å². The molecule has 0 aromatic heterocycles. The van der Waals surface area contributed by atoms with Crippen LogP contribution >= 0.6 is 0 Å². The SMILES string of the molecule is CCCCN(CCO)C(=O)C1CCc2ccccc2C1. The van der Waals surface area contributed by atoms with E-state index in [1.165, 1.54) is 11.1 Å². The van der Waals surface area contributed by atoms with E-state index in [0.717, 1.165) is 38.6 Å². The van der Waals surface area contributed by atoms with Crippen LogP contribution < -0.4 is 0 Å². The molecule has 1 amide bonds. The molecule has 3 nitrogen and oxygen atoms in total. The third-order valence-electron chi connectivity index (χ3n) is 4.16. The van der Waals surface area contributed by atoms with E-state index in [1.807, 2.05) is 11.0 Å². The molecule has 0 radical (unpaired) electrons. The lowest BCUT2D eigenvalue weighted by Gasteiger charge is -2.30. The van der Waals surface area contributed by atoms with Crippen molar-refractivity contribution >= 4 is 5.91 Å². The largest absolute Gasteiger partial charge is 0.395 e. The zero-order valence-electron chi connectivity index (χ0n) is 12.3. The van der Waals surface area contributed by atoms with Gasteiger partial charge in [0.1, 0.15) is 0 Å². The molecule has 1 unspecified atom stereocenters. The molecule has 1 N–H and O–H groups in total. The van der Waals surface area contributed by atoms with E-state index in [4.69, 9.17) is 5.11 Å². The number of nitrogens with zero attached hydrogens (tertiary/aromatic N) is 1. The van der Waals surface area contributed by atoms with Crippen molar-refractivity contribution in [2.24, 2.45) is 5.92 Å². The molecule has 3 heteroatoms. The van der Waals surface area contributed by atoms with Crippen molar-refractivity contribution < 1.29 is 9.90 Å². The zero-order chi connectivity index (χ0) is 14.4. The molecule has 1 aromatic carbocycles. The van der Waals surface area contributed by atoms with Crippen LogP contribution in [0, 0.1) is 5.92 Å². The molecule has 20 heavy (non-hydrogen) atoms. The fourth-order valence-electron chi connectivity index (χ4n) is 2.97. The van der Waals surface area contributed by atoms with Crippen molar-refractivity contribution in [2.45, 2.75) is 39.0 Å². The Morgan fingerprint density at radius 2 is 2.05 bits per heavy atom. The Morgan fingerprint density at radius 3 is 2.75 bits per heavy atom. The second-order valence-corrected chi connectivity index (χ2v) is 5.61. The number of rotatable bonds is 6. The Morgan fingerprint density at radius 1 is 1.30 bits per heavy atom. The standard InChI is InChI=1S/C17H25NO2/c1-2-3-10-18(11-12-19)17(20)16-9-8-14-6-4-5-7-15(14)13-16/h4-7,16,19H,2-3,8-13H2,1H3. The number of carbonyl (C=O) groups excluding carboxylic acids is 1. The molecule has 2 rings (SSSR count). The van der Waals surface area contributed by atoms with E-state index in [1.54, 1.807) is 0 Å². The molecule has 0 spiro atoms. The fraction of sp³-hybridized carbons (Fsp3) is 0.588. The normalized spacial score (nSPS) is 17.6. The van der Waals surface area contributed by atoms with Gasteiger partial charge in [0.15, 0.2) is 0 Å². The van der Waals surface area contributed by atoms with Crippen molar-refractivity contribution in [3.8, 4) is 0 Å². The molecule has 0 aliphatic heterocycles. The molecule has 1 aromatic rings. The third kappa shape index (κ3) is 3.60. The van der Waals surface area contributed by atoms with E-state index in [2.05, 4.69) is 25.1 Å². The summed E-state index contributed by atoms with van der Waals surface area (Å²) < 4.78 is 0. The zero-order valence-corrected chi connectivity index (χ0v) is 12.3. The maximum atomic E-state index is 12.6. The van der Waals surface area contributed by atoms with Crippen molar-refractivity contribution in [3.05, 3.63) is 35.4 Å². The van der Waals surface area contributed by atoms with Gasteiger partial charge in [-0.05, 0) is 36.8 Å². The van der Waals surface area contributed by atoms with Gasteiger partial charge in [-0.3, -0.25) is 4.79 Å². The Labute approximate surface area is 121 Å². The molecular formula is C17H25NO2. The van der Waals surface area contributed by atoms with Crippen LogP contribution in [-0.4, -0.2) is 35.6 Å². The molecule has 1 aliphatic rings. The molecule has 1 aliphatic carbocycles. The van der Waals surface area contributed by atoms with Crippen LogP contribution in [0.1, 0.15) is 37.3 Å². The number of aliphatic hydroxyl groups is 1. The highest BCUT2D eigenvalue weighted by atomic mass is 16.3. The minimum atomic E-state index is 0.0543. The highest BCUT2D eigenvalue weighted by molar-refractivity contribution is 5.79. The van der Waals surface area contributed by atoms with Gasteiger partial charge in [0.05, 0.1) is 6.61 Å². The van der Waals surface area contributed by atoms with Crippen molar-refractivity contribution in [3.63, 3.8) is 0 Å². The number of fused-ring (bicyclic) bond motifs is 1. The van der Waals surface area contributed by atoms with Crippen LogP contribution in [0.4, 0.5) is 0 Å². The van der Waals surface area contributed by atoms with Gasteiger partial charge in [0.2, 0.25) is 5.91 Å². The smallest absolute Gasteiger partial charge is 0.226 e. The summed E-state index contributed by atoms with van der Waals surface area (Å²) in [7, 11) is 0. The first-order valence-corrected chi connectivity index (χ1v) is 7.72. The molecule has 0 saturated heterocycles. The first kappa shape index (κ1) is 15.0. The quantitative estimate of drug-likeness (QED) is 0.866. The first-order chi connectivity index (χ1) is 9.76. The fourth-order valence-corrected chi connectivity index (χ4v) is 2.97. The summed E-state index contributed by atoms with van der Waals surface area (Å²) in [6.45, 7) is 3.42. The van der Waals surface area contributed by atoms with Crippen LogP contribution in [0.25, 0.3) is 0 Å². The summed E-state index contributed by atoms with van der Waals surface area (Å²) in [4.78, 5) is 14.5. The number of amides is 1. The number of benzene rings is 1. The molecule has 1 atom stereocenters. The average molecular weight is 275 g/mol. The highest BCUT2D eigenvalue weighted by Crippen LogP contribution is 2.26. The minimum Gasteiger partial charge on any atom is -0.395 e. The molecule has 0 heterocycles. The number of hydrogen-bond acceptors (Lipinski definition) is 2. The van der Waals surface area contributed by atoms with E-state index in [-0.39, 0.29) is 18.4 Å². The maximum Gasteiger partial charge on any atom is 0.226 e. The second kappa shape index (κ2) is 7.44. The van der Waals surface area contributed by atoms with Crippen molar-refractivity contribution in [1.82, 2.24) is 4.90 Å². The summed E-state index contributed by atoms with van der Waals surface area (Å²) in [5.41, 5.74) is 2.70.